The quantitative estimate of drug-likeness (QED) is 0.755. The van der Waals surface area contributed by atoms with Gasteiger partial charge in [0.1, 0.15) is 6.61 Å². The number of nitrogens with zero attached hydrogens (tertiary/aromatic N) is 1. The zero-order valence-electron chi connectivity index (χ0n) is 8.84. The van der Waals surface area contributed by atoms with Gasteiger partial charge in [0.05, 0.1) is 6.07 Å². The van der Waals surface area contributed by atoms with E-state index < -0.39 is 15.8 Å². The van der Waals surface area contributed by atoms with E-state index in [2.05, 4.69) is 16.6 Å². The van der Waals surface area contributed by atoms with Crippen LogP contribution in [-0.2, 0) is 10.0 Å². The molecule has 0 saturated carbocycles. The minimum absolute atomic E-state index is 0.226. The van der Waals surface area contributed by atoms with Crippen molar-refractivity contribution >= 4 is 15.7 Å². The van der Waals surface area contributed by atoms with E-state index in [-0.39, 0.29) is 6.61 Å². The Hall–Kier alpha value is -2.02. The molecule has 1 aromatic rings. The van der Waals surface area contributed by atoms with Gasteiger partial charge >= 0.3 is 0 Å². The third kappa shape index (κ3) is 4.56. The summed E-state index contributed by atoms with van der Waals surface area (Å²) in [4.78, 5) is 0. The first-order valence-electron chi connectivity index (χ1n) is 4.64. The molecule has 5 nitrogen and oxygen atoms in total. The molecule has 0 atom stereocenters. The van der Waals surface area contributed by atoms with Crippen LogP contribution in [0.1, 0.15) is 5.56 Å². The molecular formula is C11H10N2O3S. The molecule has 6 heteroatoms. The van der Waals surface area contributed by atoms with Crippen LogP contribution >= 0.6 is 0 Å². The van der Waals surface area contributed by atoms with Crippen LogP contribution in [0.4, 0.5) is 5.69 Å². The van der Waals surface area contributed by atoms with Crippen LogP contribution in [-0.4, -0.2) is 25.9 Å². The lowest BCUT2D eigenvalue weighted by Gasteiger charge is -2.04. The van der Waals surface area contributed by atoms with Crippen LogP contribution in [0.25, 0.3) is 0 Å². The number of sulfonamides is 1. The summed E-state index contributed by atoms with van der Waals surface area (Å²) in [5.74, 6) is 4.57. The maximum Gasteiger partial charge on any atom is 0.246 e. The summed E-state index contributed by atoms with van der Waals surface area (Å²) >= 11 is 0. The lowest BCUT2D eigenvalue weighted by molar-refractivity contribution is 0.350. The molecule has 0 aliphatic rings. The van der Waals surface area contributed by atoms with Gasteiger partial charge in [-0.3, -0.25) is 4.72 Å². The molecule has 0 aromatic heterocycles. The van der Waals surface area contributed by atoms with E-state index in [1.54, 1.807) is 18.2 Å². The summed E-state index contributed by atoms with van der Waals surface area (Å²) in [6, 6.07) is 7.88. The van der Waals surface area contributed by atoms with E-state index in [4.69, 9.17) is 10.4 Å². The van der Waals surface area contributed by atoms with Crippen LogP contribution in [0, 0.1) is 23.2 Å². The van der Waals surface area contributed by atoms with Crippen molar-refractivity contribution in [2.45, 2.75) is 0 Å². The van der Waals surface area contributed by atoms with Gasteiger partial charge in [-0.1, -0.05) is 11.8 Å². The van der Waals surface area contributed by atoms with Crippen LogP contribution in [0.2, 0.25) is 0 Å². The van der Waals surface area contributed by atoms with Gasteiger partial charge in [-0.15, -0.1) is 0 Å². The zero-order valence-corrected chi connectivity index (χ0v) is 9.66. The van der Waals surface area contributed by atoms with Crippen molar-refractivity contribution in [3.63, 3.8) is 0 Å². The zero-order chi connectivity index (χ0) is 12.7. The van der Waals surface area contributed by atoms with E-state index in [0.717, 1.165) is 0 Å². The number of hydrogen-bond acceptors (Lipinski definition) is 4. The number of aliphatic hydroxyl groups is 1. The van der Waals surface area contributed by atoms with E-state index in [1.807, 2.05) is 0 Å². The molecule has 0 aliphatic carbocycles. The van der Waals surface area contributed by atoms with E-state index in [0.29, 0.717) is 11.3 Å². The Bertz CT molecular complexity index is 574. The smallest absolute Gasteiger partial charge is 0.246 e. The first-order valence-corrected chi connectivity index (χ1v) is 6.30. The average Bonchev–Trinajstić information content (AvgIpc) is 2.27. The van der Waals surface area contributed by atoms with Crippen molar-refractivity contribution in [3.05, 3.63) is 29.8 Å². The van der Waals surface area contributed by atoms with E-state index in [1.165, 1.54) is 12.1 Å². The SMILES string of the molecule is N#CCS(=O)(=O)Nc1ccc(C#CCO)cc1. The molecule has 88 valence electrons. The fraction of sp³-hybridized carbons (Fsp3) is 0.182. The molecule has 0 spiro atoms. The molecule has 0 amide bonds. The molecule has 0 unspecified atom stereocenters. The number of anilines is 1. The first-order chi connectivity index (χ1) is 8.07. The summed E-state index contributed by atoms with van der Waals surface area (Å²) in [5.41, 5.74) is 1.04. The Morgan fingerprint density at radius 2 is 1.94 bits per heavy atom. The van der Waals surface area contributed by atoms with Gasteiger partial charge in [0, 0.05) is 11.3 Å². The van der Waals surface area contributed by atoms with Crippen molar-refractivity contribution in [1.29, 1.82) is 5.26 Å². The molecule has 0 bridgehead atoms. The fourth-order valence-electron chi connectivity index (χ4n) is 1.06. The van der Waals surface area contributed by atoms with E-state index >= 15 is 0 Å². The van der Waals surface area contributed by atoms with Crippen LogP contribution in [0.15, 0.2) is 24.3 Å². The van der Waals surface area contributed by atoms with Crippen molar-refractivity contribution < 1.29 is 13.5 Å². The molecule has 0 radical (unpaired) electrons. The highest BCUT2D eigenvalue weighted by Crippen LogP contribution is 2.10. The number of nitriles is 1. The maximum absolute atomic E-state index is 11.3. The molecule has 2 N–H and O–H groups in total. The third-order valence-corrected chi connectivity index (χ3v) is 2.78. The van der Waals surface area contributed by atoms with Crippen molar-refractivity contribution in [1.82, 2.24) is 0 Å². The second-order valence-electron chi connectivity index (χ2n) is 3.06. The van der Waals surface area contributed by atoms with Gasteiger partial charge in [0.25, 0.3) is 0 Å². The van der Waals surface area contributed by atoms with Crippen molar-refractivity contribution in [3.8, 4) is 17.9 Å². The lowest BCUT2D eigenvalue weighted by atomic mass is 10.2. The molecular weight excluding hydrogens is 240 g/mol. The third-order valence-electron chi connectivity index (χ3n) is 1.72. The van der Waals surface area contributed by atoms with Gasteiger partial charge in [0.2, 0.25) is 10.0 Å². The lowest BCUT2D eigenvalue weighted by Crippen LogP contribution is -2.15. The topological polar surface area (TPSA) is 90.2 Å². The summed E-state index contributed by atoms with van der Waals surface area (Å²) in [6.45, 7) is -0.226. The number of rotatable bonds is 3. The molecule has 17 heavy (non-hydrogen) atoms. The molecule has 1 aromatic carbocycles. The Labute approximate surface area is 99.8 Å². The van der Waals surface area contributed by atoms with Crippen molar-refractivity contribution in [2.75, 3.05) is 17.1 Å². The normalized spacial score (nSPS) is 9.88. The number of aliphatic hydroxyl groups excluding tert-OH is 1. The number of nitrogens with one attached hydrogen (secondary N) is 1. The minimum Gasteiger partial charge on any atom is -0.384 e. The summed E-state index contributed by atoms with van der Waals surface area (Å²) < 4.78 is 24.8. The van der Waals surface area contributed by atoms with Gasteiger partial charge in [0.15, 0.2) is 5.75 Å². The average molecular weight is 250 g/mol. The predicted molar refractivity (Wildman–Crippen MR) is 63.4 cm³/mol. The highest BCUT2D eigenvalue weighted by Gasteiger charge is 2.08. The second kappa shape index (κ2) is 5.90. The van der Waals surface area contributed by atoms with Crippen LogP contribution < -0.4 is 4.72 Å². The number of hydrogen-bond donors (Lipinski definition) is 2. The van der Waals surface area contributed by atoms with Gasteiger partial charge < -0.3 is 5.11 Å². The standard InChI is InChI=1S/C11H10N2O3S/c12-7-9-17(15,16)13-11-5-3-10(4-6-11)2-1-8-14/h3-6,13-14H,8-9H2. The van der Waals surface area contributed by atoms with Crippen molar-refractivity contribution in [2.24, 2.45) is 0 Å². The van der Waals surface area contributed by atoms with Gasteiger partial charge in [-0.05, 0) is 24.3 Å². The molecule has 0 aliphatic heterocycles. The Morgan fingerprint density at radius 3 is 2.47 bits per heavy atom. The Balaban J connectivity index is 2.79. The summed E-state index contributed by atoms with van der Waals surface area (Å²) in [6.07, 6.45) is 0. The fourth-order valence-corrected chi connectivity index (χ4v) is 1.80. The highest BCUT2D eigenvalue weighted by atomic mass is 32.2. The Morgan fingerprint density at radius 1 is 1.29 bits per heavy atom. The van der Waals surface area contributed by atoms with E-state index in [9.17, 15) is 8.42 Å². The van der Waals surface area contributed by atoms with Gasteiger partial charge in [-0.25, -0.2) is 8.42 Å². The van der Waals surface area contributed by atoms with Crippen LogP contribution in [0.3, 0.4) is 0 Å². The summed E-state index contributed by atoms with van der Waals surface area (Å²) in [7, 11) is -3.60. The van der Waals surface area contributed by atoms with Crippen LogP contribution in [0.5, 0.6) is 0 Å². The largest absolute Gasteiger partial charge is 0.384 e. The molecule has 0 saturated heterocycles. The molecule has 0 heterocycles. The predicted octanol–water partition coefficient (Wildman–Crippen LogP) is 0.296. The second-order valence-corrected chi connectivity index (χ2v) is 4.78. The number of benzene rings is 1. The molecule has 0 fully saturated rings. The summed E-state index contributed by atoms with van der Waals surface area (Å²) in [5, 5.41) is 16.8. The highest BCUT2D eigenvalue weighted by molar-refractivity contribution is 7.92. The first kappa shape index (κ1) is 13.0. The monoisotopic (exact) mass is 250 g/mol. The Kier molecular flexibility index (Phi) is 4.53. The van der Waals surface area contributed by atoms with Gasteiger partial charge in [-0.2, -0.15) is 5.26 Å². The molecule has 1 rings (SSSR count). The maximum atomic E-state index is 11.3. The minimum atomic E-state index is -3.60.